The second kappa shape index (κ2) is 10.3. The van der Waals surface area contributed by atoms with Gasteiger partial charge in [-0.3, -0.25) is 10.1 Å². The first kappa shape index (κ1) is 22.6. The van der Waals surface area contributed by atoms with Crippen LogP contribution in [0.5, 0.6) is 11.5 Å². The van der Waals surface area contributed by atoms with Crippen molar-refractivity contribution >= 4 is 22.4 Å². The van der Waals surface area contributed by atoms with Crippen molar-refractivity contribution in [2.45, 2.75) is 19.8 Å². The summed E-state index contributed by atoms with van der Waals surface area (Å²) < 4.78 is 10.8. The van der Waals surface area contributed by atoms with Gasteiger partial charge in [0.15, 0.2) is 5.13 Å². The first-order valence-electron chi connectivity index (χ1n) is 10.8. The largest absolute Gasteiger partial charge is 0.497 e. The third kappa shape index (κ3) is 5.23. The number of hydrogen-bond acceptors (Lipinski definition) is 5. The lowest BCUT2D eigenvalue weighted by atomic mass is 10.0. The topological polar surface area (TPSA) is 60.5 Å². The van der Waals surface area contributed by atoms with E-state index in [-0.39, 0.29) is 5.91 Å². The van der Waals surface area contributed by atoms with E-state index in [4.69, 9.17) is 14.5 Å². The van der Waals surface area contributed by atoms with Gasteiger partial charge in [0, 0.05) is 22.1 Å². The molecule has 6 heteroatoms. The van der Waals surface area contributed by atoms with Gasteiger partial charge in [-0.15, -0.1) is 11.3 Å². The molecule has 1 heterocycles. The maximum atomic E-state index is 12.9. The highest BCUT2D eigenvalue weighted by atomic mass is 32.1. The fraction of sp³-hybridized carbons (Fsp3) is 0.185. The number of ether oxygens (including phenoxy) is 2. The van der Waals surface area contributed by atoms with Crippen molar-refractivity contribution in [1.82, 2.24) is 4.98 Å². The van der Waals surface area contributed by atoms with Crippen LogP contribution in [-0.2, 0) is 6.42 Å². The van der Waals surface area contributed by atoms with Crippen LogP contribution in [0.25, 0.3) is 22.4 Å². The van der Waals surface area contributed by atoms with Crippen LogP contribution in [0, 0.1) is 0 Å². The number of aromatic nitrogens is 1. The van der Waals surface area contributed by atoms with Crippen LogP contribution < -0.4 is 14.8 Å². The van der Waals surface area contributed by atoms with Crippen LogP contribution >= 0.6 is 11.3 Å². The van der Waals surface area contributed by atoms with E-state index in [2.05, 4.69) is 24.4 Å². The second-order valence-electron chi connectivity index (χ2n) is 7.54. The van der Waals surface area contributed by atoms with Crippen LogP contribution in [-0.4, -0.2) is 25.1 Å². The summed E-state index contributed by atoms with van der Waals surface area (Å²) in [7, 11) is 3.25. The maximum absolute atomic E-state index is 12.9. The van der Waals surface area contributed by atoms with Crippen molar-refractivity contribution in [1.29, 1.82) is 0 Å². The average Bonchev–Trinajstić information content (AvgIpc) is 3.26. The Morgan fingerprint density at radius 2 is 1.52 bits per heavy atom. The van der Waals surface area contributed by atoms with Crippen molar-refractivity contribution in [3.05, 3.63) is 83.2 Å². The van der Waals surface area contributed by atoms with Gasteiger partial charge in [0.05, 0.1) is 19.9 Å². The molecule has 1 N–H and O–H groups in total. The van der Waals surface area contributed by atoms with Crippen molar-refractivity contribution in [3.63, 3.8) is 0 Å². The molecule has 3 aromatic carbocycles. The summed E-state index contributed by atoms with van der Waals surface area (Å²) in [6.07, 6.45) is 1.85. The molecule has 5 nitrogen and oxygen atoms in total. The number of amides is 1. The number of aryl methyl sites for hydroxylation is 1. The zero-order valence-corrected chi connectivity index (χ0v) is 19.7. The lowest BCUT2D eigenvalue weighted by Crippen LogP contribution is -2.11. The standard InChI is InChI=1S/C27H26N2O3S/c1-4-8-24-25(21-15-22(31-2)17-23(16-21)32-3)28-27(33-24)29-26(30)20-13-11-19(12-14-20)18-9-6-5-7-10-18/h5-7,9-17H,4,8H2,1-3H3,(H,28,29,30). The average molecular weight is 459 g/mol. The van der Waals surface area contributed by atoms with Crippen LogP contribution in [0.1, 0.15) is 28.6 Å². The molecule has 0 aliphatic carbocycles. The lowest BCUT2D eigenvalue weighted by Gasteiger charge is -2.08. The highest BCUT2D eigenvalue weighted by Crippen LogP contribution is 2.36. The Labute approximate surface area is 198 Å². The molecule has 4 rings (SSSR count). The van der Waals surface area contributed by atoms with E-state index in [9.17, 15) is 4.79 Å². The Hall–Kier alpha value is -3.64. The first-order chi connectivity index (χ1) is 16.1. The molecule has 0 aliphatic rings. The van der Waals surface area contributed by atoms with E-state index < -0.39 is 0 Å². The molecule has 1 amide bonds. The van der Waals surface area contributed by atoms with Gasteiger partial charge < -0.3 is 9.47 Å². The summed E-state index contributed by atoms with van der Waals surface area (Å²) in [5, 5.41) is 3.55. The number of methoxy groups -OCH3 is 2. The van der Waals surface area contributed by atoms with E-state index in [0.717, 1.165) is 40.1 Å². The zero-order chi connectivity index (χ0) is 23.2. The molecule has 1 aromatic heterocycles. The van der Waals surface area contributed by atoms with Crippen LogP contribution in [0.3, 0.4) is 0 Å². The molecule has 0 saturated carbocycles. The lowest BCUT2D eigenvalue weighted by molar-refractivity contribution is 0.102. The van der Waals surface area contributed by atoms with Crippen LogP contribution in [0.2, 0.25) is 0 Å². The number of carbonyl (C=O) groups excluding carboxylic acids is 1. The Bertz CT molecular complexity index is 1210. The number of thiazole rings is 1. The number of nitrogens with zero attached hydrogens (tertiary/aromatic N) is 1. The highest BCUT2D eigenvalue weighted by molar-refractivity contribution is 7.16. The van der Waals surface area contributed by atoms with Crippen LogP contribution in [0.15, 0.2) is 72.8 Å². The molecular weight excluding hydrogens is 432 g/mol. The quantitative estimate of drug-likeness (QED) is 0.319. The summed E-state index contributed by atoms with van der Waals surface area (Å²) in [4.78, 5) is 18.8. The number of nitrogens with one attached hydrogen (secondary N) is 1. The van der Waals surface area contributed by atoms with Crippen molar-refractivity contribution in [3.8, 4) is 33.9 Å². The van der Waals surface area contributed by atoms with Gasteiger partial charge in [0.2, 0.25) is 0 Å². The molecule has 0 radical (unpaired) electrons. The molecular formula is C27H26N2O3S. The van der Waals surface area contributed by atoms with E-state index >= 15 is 0 Å². The van der Waals surface area contributed by atoms with E-state index in [1.807, 2.05) is 60.7 Å². The van der Waals surface area contributed by atoms with Gasteiger partial charge in [0.1, 0.15) is 11.5 Å². The summed E-state index contributed by atoms with van der Waals surface area (Å²) in [6, 6.07) is 23.4. The molecule has 0 bridgehead atoms. The minimum atomic E-state index is -0.179. The molecule has 4 aromatic rings. The number of anilines is 1. The third-order valence-corrected chi connectivity index (χ3v) is 6.30. The monoisotopic (exact) mass is 458 g/mol. The molecule has 0 unspecified atom stereocenters. The Morgan fingerprint density at radius 3 is 2.12 bits per heavy atom. The first-order valence-corrected chi connectivity index (χ1v) is 11.6. The van der Waals surface area contributed by atoms with Gasteiger partial charge >= 0.3 is 0 Å². The summed E-state index contributed by atoms with van der Waals surface area (Å²) in [6.45, 7) is 2.13. The fourth-order valence-electron chi connectivity index (χ4n) is 3.59. The fourth-order valence-corrected chi connectivity index (χ4v) is 4.67. The van der Waals surface area contributed by atoms with E-state index in [1.54, 1.807) is 14.2 Å². The van der Waals surface area contributed by atoms with E-state index in [1.165, 1.54) is 11.3 Å². The summed E-state index contributed by atoms with van der Waals surface area (Å²) >= 11 is 1.50. The van der Waals surface area contributed by atoms with Crippen molar-refractivity contribution < 1.29 is 14.3 Å². The molecule has 0 saturated heterocycles. The number of rotatable bonds is 8. The van der Waals surface area contributed by atoms with Gasteiger partial charge in [-0.05, 0) is 41.8 Å². The smallest absolute Gasteiger partial charge is 0.257 e. The highest BCUT2D eigenvalue weighted by Gasteiger charge is 2.17. The summed E-state index contributed by atoms with van der Waals surface area (Å²) in [5.74, 6) is 1.22. The minimum absolute atomic E-state index is 0.179. The second-order valence-corrected chi connectivity index (χ2v) is 8.62. The van der Waals surface area contributed by atoms with Gasteiger partial charge in [-0.2, -0.15) is 0 Å². The van der Waals surface area contributed by atoms with Gasteiger partial charge in [-0.25, -0.2) is 4.98 Å². The number of benzene rings is 3. The molecule has 0 aliphatic heterocycles. The molecule has 0 atom stereocenters. The van der Waals surface area contributed by atoms with Crippen LogP contribution in [0.4, 0.5) is 5.13 Å². The van der Waals surface area contributed by atoms with Gasteiger partial charge in [0.25, 0.3) is 5.91 Å². The molecule has 33 heavy (non-hydrogen) atoms. The molecule has 0 fully saturated rings. The molecule has 0 spiro atoms. The molecule has 168 valence electrons. The normalized spacial score (nSPS) is 10.6. The number of carbonyl (C=O) groups is 1. The minimum Gasteiger partial charge on any atom is -0.497 e. The maximum Gasteiger partial charge on any atom is 0.257 e. The van der Waals surface area contributed by atoms with Crippen molar-refractivity contribution in [2.24, 2.45) is 0 Å². The van der Waals surface area contributed by atoms with E-state index in [0.29, 0.717) is 22.2 Å². The predicted molar refractivity (Wildman–Crippen MR) is 134 cm³/mol. The van der Waals surface area contributed by atoms with Gasteiger partial charge in [-0.1, -0.05) is 55.8 Å². The Balaban J connectivity index is 1.58. The number of hydrogen-bond donors (Lipinski definition) is 1. The van der Waals surface area contributed by atoms with Crippen molar-refractivity contribution in [2.75, 3.05) is 19.5 Å². The zero-order valence-electron chi connectivity index (χ0n) is 18.9. The predicted octanol–water partition coefficient (Wildman–Crippen LogP) is 6.70. The third-order valence-electron chi connectivity index (χ3n) is 5.27. The SMILES string of the molecule is CCCc1sc(NC(=O)c2ccc(-c3ccccc3)cc2)nc1-c1cc(OC)cc(OC)c1. The summed E-state index contributed by atoms with van der Waals surface area (Å²) in [5.41, 5.74) is 4.52. The Morgan fingerprint density at radius 1 is 0.879 bits per heavy atom. The Kier molecular flexibility index (Phi) is 7.05.